The number of hydrogen-bond acceptors (Lipinski definition) is 2. The van der Waals surface area contributed by atoms with E-state index in [9.17, 15) is 9.90 Å². The van der Waals surface area contributed by atoms with Gasteiger partial charge in [-0.2, -0.15) is 0 Å². The maximum absolute atomic E-state index is 11.7. The minimum Gasteiger partial charge on any atom is -0.391 e. The average Bonchev–Trinajstić information content (AvgIpc) is 2.68. The van der Waals surface area contributed by atoms with Gasteiger partial charge in [-0.3, -0.25) is 0 Å². The van der Waals surface area contributed by atoms with Crippen LogP contribution >= 0.6 is 11.6 Å². The summed E-state index contributed by atoms with van der Waals surface area (Å²) in [5.74, 6) is 0. The van der Waals surface area contributed by atoms with Gasteiger partial charge in [-0.15, -0.1) is 0 Å². The van der Waals surface area contributed by atoms with Gasteiger partial charge in [0.1, 0.15) is 0 Å². The van der Waals surface area contributed by atoms with E-state index in [4.69, 9.17) is 11.6 Å². The lowest BCUT2D eigenvalue weighted by Crippen LogP contribution is -2.33. The van der Waals surface area contributed by atoms with E-state index >= 15 is 0 Å². The molecule has 1 heterocycles. The van der Waals surface area contributed by atoms with Crippen LogP contribution in [0.25, 0.3) is 0 Å². The fourth-order valence-electron chi connectivity index (χ4n) is 1.66. The summed E-state index contributed by atoms with van der Waals surface area (Å²) in [7, 11) is 0. The molecule has 0 aromatic heterocycles. The van der Waals surface area contributed by atoms with E-state index in [0.29, 0.717) is 30.2 Å². The van der Waals surface area contributed by atoms with Crippen LogP contribution in [0.2, 0.25) is 5.02 Å². The Kier molecular flexibility index (Phi) is 3.31. The first kappa shape index (κ1) is 11.2. The molecule has 1 aromatic carbocycles. The Balaban J connectivity index is 1.94. The summed E-state index contributed by atoms with van der Waals surface area (Å²) in [6, 6.07) is 6.74. The molecular weight excluding hydrogens is 228 g/mol. The molecule has 1 aliphatic rings. The number of carbonyl (C=O) groups is 1. The molecule has 0 aliphatic carbocycles. The van der Waals surface area contributed by atoms with Crippen LogP contribution < -0.4 is 5.32 Å². The van der Waals surface area contributed by atoms with Gasteiger partial charge < -0.3 is 15.3 Å². The minimum absolute atomic E-state index is 0.182. The molecule has 1 aromatic rings. The molecule has 1 fully saturated rings. The van der Waals surface area contributed by atoms with Crippen molar-refractivity contribution < 1.29 is 9.90 Å². The molecule has 86 valence electrons. The summed E-state index contributed by atoms with van der Waals surface area (Å²) in [6.45, 7) is 1.00. The van der Waals surface area contributed by atoms with Gasteiger partial charge in [0.15, 0.2) is 0 Å². The molecule has 4 nitrogen and oxygen atoms in total. The monoisotopic (exact) mass is 240 g/mol. The molecule has 2 amide bonds. The molecule has 2 N–H and O–H groups in total. The SMILES string of the molecule is O=C(Nc1ccc(Cl)cc1)N1CC[C@@H](O)C1. The quantitative estimate of drug-likeness (QED) is 0.788. The van der Waals surface area contributed by atoms with Gasteiger partial charge in [0, 0.05) is 23.8 Å². The van der Waals surface area contributed by atoms with Crippen molar-refractivity contribution in [3.8, 4) is 0 Å². The fraction of sp³-hybridized carbons (Fsp3) is 0.364. The Labute approximate surface area is 98.8 Å². The molecule has 1 aliphatic heterocycles. The summed E-state index contributed by atoms with van der Waals surface area (Å²) in [5, 5.41) is 12.7. The Morgan fingerprint density at radius 2 is 2.12 bits per heavy atom. The molecular formula is C11H13ClN2O2. The molecule has 0 radical (unpaired) electrons. The van der Waals surface area contributed by atoms with Gasteiger partial charge in [0.25, 0.3) is 0 Å². The Morgan fingerprint density at radius 3 is 2.69 bits per heavy atom. The van der Waals surface area contributed by atoms with Crippen molar-refractivity contribution in [3.63, 3.8) is 0 Å². The topological polar surface area (TPSA) is 52.6 Å². The van der Waals surface area contributed by atoms with E-state index in [1.807, 2.05) is 0 Å². The first-order chi connectivity index (χ1) is 7.65. The Bertz CT molecular complexity index is 380. The number of nitrogens with zero attached hydrogens (tertiary/aromatic N) is 1. The molecule has 2 rings (SSSR count). The van der Waals surface area contributed by atoms with E-state index in [-0.39, 0.29) is 6.03 Å². The lowest BCUT2D eigenvalue weighted by molar-refractivity contribution is 0.176. The minimum atomic E-state index is -0.393. The van der Waals surface area contributed by atoms with Crippen molar-refractivity contribution in [1.29, 1.82) is 0 Å². The normalized spacial score (nSPS) is 19.9. The zero-order valence-corrected chi connectivity index (χ0v) is 9.44. The zero-order chi connectivity index (χ0) is 11.5. The van der Waals surface area contributed by atoms with Crippen LogP contribution in [0.5, 0.6) is 0 Å². The van der Waals surface area contributed by atoms with Gasteiger partial charge in [-0.05, 0) is 30.7 Å². The van der Waals surface area contributed by atoms with Crippen molar-refractivity contribution in [2.24, 2.45) is 0 Å². The average molecular weight is 241 g/mol. The highest BCUT2D eigenvalue weighted by atomic mass is 35.5. The second-order valence-electron chi connectivity index (χ2n) is 3.83. The predicted octanol–water partition coefficient (Wildman–Crippen LogP) is 1.94. The number of benzene rings is 1. The second-order valence-corrected chi connectivity index (χ2v) is 4.26. The van der Waals surface area contributed by atoms with Gasteiger partial charge in [0.05, 0.1) is 6.10 Å². The highest BCUT2D eigenvalue weighted by molar-refractivity contribution is 6.30. The number of carbonyl (C=O) groups excluding carboxylic acids is 1. The van der Waals surface area contributed by atoms with Crippen molar-refractivity contribution >= 4 is 23.3 Å². The highest BCUT2D eigenvalue weighted by Crippen LogP contribution is 2.15. The number of likely N-dealkylation sites (tertiary alicyclic amines) is 1. The maximum Gasteiger partial charge on any atom is 0.321 e. The third kappa shape index (κ3) is 2.65. The van der Waals surface area contributed by atoms with Crippen molar-refractivity contribution in [3.05, 3.63) is 29.3 Å². The van der Waals surface area contributed by atoms with Gasteiger partial charge >= 0.3 is 6.03 Å². The van der Waals surface area contributed by atoms with Crippen molar-refractivity contribution in [2.75, 3.05) is 18.4 Å². The lowest BCUT2D eigenvalue weighted by Gasteiger charge is -2.16. The summed E-state index contributed by atoms with van der Waals surface area (Å²) < 4.78 is 0. The third-order valence-corrected chi connectivity index (χ3v) is 2.80. The molecule has 0 saturated carbocycles. The Morgan fingerprint density at radius 1 is 1.44 bits per heavy atom. The summed E-state index contributed by atoms with van der Waals surface area (Å²) in [5.41, 5.74) is 0.704. The Hall–Kier alpha value is -1.26. The number of nitrogens with one attached hydrogen (secondary N) is 1. The molecule has 0 unspecified atom stereocenters. The van der Waals surface area contributed by atoms with Crippen molar-refractivity contribution in [2.45, 2.75) is 12.5 Å². The van der Waals surface area contributed by atoms with Gasteiger partial charge in [0.2, 0.25) is 0 Å². The second kappa shape index (κ2) is 4.72. The zero-order valence-electron chi connectivity index (χ0n) is 8.69. The van der Waals surface area contributed by atoms with E-state index in [1.165, 1.54) is 0 Å². The first-order valence-electron chi connectivity index (χ1n) is 5.15. The number of urea groups is 1. The van der Waals surface area contributed by atoms with Gasteiger partial charge in [-0.25, -0.2) is 4.79 Å². The smallest absolute Gasteiger partial charge is 0.321 e. The number of aliphatic hydroxyl groups excluding tert-OH is 1. The summed E-state index contributed by atoms with van der Waals surface area (Å²) >= 11 is 5.74. The number of anilines is 1. The van der Waals surface area contributed by atoms with E-state index in [2.05, 4.69) is 5.32 Å². The lowest BCUT2D eigenvalue weighted by atomic mass is 10.3. The van der Waals surface area contributed by atoms with Crippen LogP contribution in [0, 0.1) is 0 Å². The third-order valence-electron chi connectivity index (χ3n) is 2.55. The van der Waals surface area contributed by atoms with Crippen LogP contribution in [0.4, 0.5) is 10.5 Å². The standard InChI is InChI=1S/C11H13ClN2O2/c12-8-1-3-9(4-2-8)13-11(16)14-6-5-10(15)7-14/h1-4,10,15H,5-7H2,(H,13,16)/t10-/m1/s1. The maximum atomic E-state index is 11.7. The number of hydrogen-bond donors (Lipinski definition) is 2. The summed E-state index contributed by atoms with van der Waals surface area (Å²) in [6.07, 6.45) is 0.254. The van der Waals surface area contributed by atoms with Crippen LogP contribution in [-0.4, -0.2) is 35.2 Å². The summed E-state index contributed by atoms with van der Waals surface area (Å²) in [4.78, 5) is 13.3. The van der Waals surface area contributed by atoms with E-state index in [1.54, 1.807) is 29.2 Å². The predicted molar refractivity (Wildman–Crippen MR) is 62.7 cm³/mol. The van der Waals surface area contributed by atoms with Crippen LogP contribution in [0.3, 0.4) is 0 Å². The fourth-order valence-corrected chi connectivity index (χ4v) is 1.79. The van der Waals surface area contributed by atoms with Crippen molar-refractivity contribution in [1.82, 2.24) is 4.90 Å². The number of β-amino-alcohol motifs (C(OH)–C–C–N with tert-alkyl or cyclic N) is 1. The number of rotatable bonds is 1. The van der Waals surface area contributed by atoms with Crippen LogP contribution in [0.1, 0.15) is 6.42 Å². The number of aliphatic hydroxyl groups is 1. The molecule has 1 saturated heterocycles. The number of halogens is 1. The molecule has 1 atom stereocenters. The van der Waals surface area contributed by atoms with E-state index < -0.39 is 6.10 Å². The van der Waals surface area contributed by atoms with E-state index in [0.717, 1.165) is 0 Å². The van der Waals surface area contributed by atoms with Crippen LogP contribution in [-0.2, 0) is 0 Å². The molecule has 5 heteroatoms. The molecule has 0 bridgehead atoms. The highest BCUT2D eigenvalue weighted by Gasteiger charge is 2.24. The number of amides is 2. The molecule has 0 spiro atoms. The van der Waals surface area contributed by atoms with Gasteiger partial charge in [-0.1, -0.05) is 11.6 Å². The largest absolute Gasteiger partial charge is 0.391 e. The molecule has 16 heavy (non-hydrogen) atoms. The first-order valence-corrected chi connectivity index (χ1v) is 5.52. The van der Waals surface area contributed by atoms with Crippen LogP contribution in [0.15, 0.2) is 24.3 Å².